The Labute approximate surface area is 177 Å². The molecule has 4 aliphatic carbocycles. The lowest BCUT2D eigenvalue weighted by Crippen LogP contribution is -2.56. The zero-order chi connectivity index (χ0) is 20.7. The van der Waals surface area contributed by atoms with Crippen LogP contribution in [0.15, 0.2) is 54.6 Å². The average Bonchev–Trinajstić information content (AvgIpc) is 2.73. The molecule has 156 valence electrons. The van der Waals surface area contributed by atoms with Crippen LogP contribution in [0.5, 0.6) is 0 Å². The Hall–Kier alpha value is -2.62. The Morgan fingerprint density at radius 3 is 1.93 bits per heavy atom. The summed E-state index contributed by atoms with van der Waals surface area (Å²) >= 11 is 0. The molecule has 6 rings (SSSR count). The van der Waals surface area contributed by atoms with E-state index in [1.165, 1.54) is 19.3 Å². The van der Waals surface area contributed by atoms with Crippen LogP contribution >= 0.6 is 0 Å². The van der Waals surface area contributed by atoms with Crippen molar-refractivity contribution in [3.8, 4) is 11.1 Å². The summed E-state index contributed by atoms with van der Waals surface area (Å²) in [6.45, 7) is 0. The van der Waals surface area contributed by atoms with Crippen molar-refractivity contribution in [2.75, 3.05) is 0 Å². The van der Waals surface area contributed by atoms with Crippen LogP contribution in [0.1, 0.15) is 44.1 Å². The fraction of sp³-hybridized carbons (Fsp3) is 0.462. The van der Waals surface area contributed by atoms with Gasteiger partial charge in [-0.2, -0.15) is 0 Å². The van der Waals surface area contributed by atoms with Crippen molar-refractivity contribution in [1.82, 2.24) is 5.32 Å². The molecule has 4 saturated carbocycles. The molecule has 0 spiro atoms. The molecule has 2 N–H and O–H groups in total. The van der Waals surface area contributed by atoms with Crippen LogP contribution in [0.25, 0.3) is 11.1 Å². The minimum absolute atomic E-state index is 0.0186. The number of carbonyl (C=O) groups is 2. The third kappa shape index (κ3) is 3.64. The van der Waals surface area contributed by atoms with E-state index in [4.69, 9.17) is 0 Å². The molecule has 2 aromatic rings. The molecule has 2 aromatic carbocycles. The number of carboxylic acids is 1. The Bertz CT molecular complexity index is 899. The molecule has 0 aromatic heterocycles. The van der Waals surface area contributed by atoms with Crippen LogP contribution < -0.4 is 5.32 Å². The summed E-state index contributed by atoms with van der Waals surface area (Å²) in [5.41, 5.74) is 2.84. The van der Waals surface area contributed by atoms with Gasteiger partial charge in [-0.05, 0) is 73.0 Å². The van der Waals surface area contributed by atoms with Gasteiger partial charge < -0.3 is 10.4 Å². The summed E-state index contributed by atoms with van der Waals surface area (Å²) in [5.74, 6) is 1.01. The molecule has 4 nitrogen and oxygen atoms in total. The molecular weight excluding hydrogens is 374 g/mol. The van der Waals surface area contributed by atoms with Gasteiger partial charge in [0, 0.05) is 11.8 Å². The molecule has 4 aliphatic rings. The zero-order valence-electron chi connectivity index (χ0n) is 17.2. The van der Waals surface area contributed by atoms with Crippen LogP contribution in [-0.2, 0) is 16.0 Å². The van der Waals surface area contributed by atoms with Gasteiger partial charge in [0.2, 0.25) is 5.91 Å². The minimum Gasteiger partial charge on any atom is -0.480 e. The lowest BCUT2D eigenvalue weighted by atomic mass is 9.49. The van der Waals surface area contributed by atoms with E-state index in [0.717, 1.165) is 36.0 Å². The maximum absolute atomic E-state index is 13.3. The zero-order valence-corrected chi connectivity index (χ0v) is 17.2. The van der Waals surface area contributed by atoms with E-state index in [1.807, 2.05) is 42.5 Å². The van der Waals surface area contributed by atoms with Crippen molar-refractivity contribution >= 4 is 11.9 Å². The van der Waals surface area contributed by atoms with Crippen LogP contribution in [0, 0.1) is 23.2 Å². The van der Waals surface area contributed by atoms with Gasteiger partial charge >= 0.3 is 5.97 Å². The second kappa shape index (κ2) is 7.57. The van der Waals surface area contributed by atoms with Gasteiger partial charge in [-0.3, -0.25) is 4.79 Å². The maximum Gasteiger partial charge on any atom is 0.326 e. The van der Waals surface area contributed by atoms with E-state index < -0.39 is 12.0 Å². The normalized spacial score (nSPS) is 30.1. The number of hydrogen-bond acceptors (Lipinski definition) is 2. The molecule has 30 heavy (non-hydrogen) atoms. The quantitative estimate of drug-likeness (QED) is 0.736. The second-order valence-corrected chi connectivity index (χ2v) is 9.83. The molecule has 0 radical (unpaired) electrons. The fourth-order valence-corrected chi connectivity index (χ4v) is 6.60. The number of amides is 1. The fourth-order valence-electron chi connectivity index (χ4n) is 6.60. The molecule has 4 bridgehead atoms. The third-order valence-corrected chi connectivity index (χ3v) is 7.62. The summed E-state index contributed by atoms with van der Waals surface area (Å²) in [4.78, 5) is 25.2. The lowest BCUT2D eigenvalue weighted by molar-refractivity contribution is -0.151. The van der Waals surface area contributed by atoms with Crippen molar-refractivity contribution in [2.45, 2.75) is 51.0 Å². The molecule has 0 aliphatic heterocycles. The first-order valence-electron chi connectivity index (χ1n) is 11.2. The highest BCUT2D eigenvalue weighted by Crippen LogP contribution is 2.60. The SMILES string of the molecule is O=C(O)[C@@H](Cc1ccc(-c2ccccc2)cc1)NC(=O)C12CC3CC(CC(C3)C1)C2. The lowest BCUT2D eigenvalue weighted by Gasteiger charge is -2.55. The first kappa shape index (κ1) is 19.3. The van der Waals surface area contributed by atoms with Crippen molar-refractivity contribution in [3.63, 3.8) is 0 Å². The van der Waals surface area contributed by atoms with Gasteiger partial charge in [-0.25, -0.2) is 4.79 Å². The van der Waals surface area contributed by atoms with Crippen LogP contribution in [-0.4, -0.2) is 23.0 Å². The van der Waals surface area contributed by atoms with Gasteiger partial charge in [0.15, 0.2) is 0 Å². The number of benzene rings is 2. The van der Waals surface area contributed by atoms with Crippen molar-refractivity contribution in [1.29, 1.82) is 0 Å². The summed E-state index contributed by atoms with van der Waals surface area (Å²) in [7, 11) is 0. The predicted molar refractivity (Wildman–Crippen MR) is 116 cm³/mol. The van der Waals surface area contributed by atoms with Gasteiger partial charge in [0.05, 0.1) is 0 Å². The standard InChI is InChI=1S/C26H29NO3/c28-24(29)23(13-17-6-8-22(9-7-17)21-4-2-1-3-5-21)27-25(30)26-14-18-10-19(15-26)12-20(11-18)16-26/h1-9,18-20,23H,10-16H2,(H,27,30)(H,28,29)/t18?,19?,20?,23-,26?/m1/s1. The number of carboxylic acid groups (broad SMARTS) is 1. The average molecular weight is 404 g/mol. The number of carbonyl (C=O) groups excluding carboxylic acids is 1. The number of aliphatic carboxylic acids is 1. The first-order chi connectivity index (χ1) is 14.5. The van der Waals surface area contributed by atoms with Crippen molar-refractivity contribution in [3.05, 3.63) is 60.2 Å². The van der Waals surface area contributed by atoms with Gasteiger partial charge in [-0.15, -0.1) is 0 Å². The van der Waals surface area contributed by atoms with E-state index in [1.54, 1.807) is 0 Å². The number of nitrogens with one attached hydrogen (secondary N) is 1. The Morgan fingerprint density at radius 2 is 1.40 bits per heavy atom. The maximum atomic E-state index is 13.3. The largest absolute Gasteiger partial charge is 0.480 e. The van der Waals surface area contributed by atoms with E-state index in [2.05, 4.69) is 17.4 Å². The van der Waals surface area contributed by atoms with Gasteiger partial charge in [-0.1, -0.05) is 54.6 Å². The number of hydrogen-bond donors (Lipinski definition) is 2. The predicted octanol–water partition coefficient (Wildman–Crippen LogP) is 4.68. The Kier molecular flexibility index (Phi) is 4.88. The monoisotopic (exact) mass is 403 g/mol. The van der Waals surface area contributed by atoms with E-state index in [0.29, 0.717) is 24.2 Å². The third-order valence-electron chi connectivity index (χ3n) is 7.62. The Balaban J connectivity index is 1.28. The highest BCUT2D eigenvalue weighted by atomic mass is 16.4. The van der Waals surface area contributed by atoms with Crippen LogP contribution in [0.2, 0.25) is 0 Å². The van der Waals surface area contributed by atoms with Gasteiger partial charge in [0.1, 0.15) is 6.04 Å². The molecule has 1 amide bonds. The molecule has 0 unspecified atom stereocenters. The minimum atomic E-state index is -0.958. The summed E-state index contributed by atoms with van der Waals surface area (Å²) in [6, 6.07) is 17.2. The van der Waals surface area contributed by atoms with Crippen molar-refractivity contribution < 1.29 is 14.7 Å². The molecule has 1 atom stereocenters. The van der Waals surface area contributed by atoms with Crippen molar-refractivity contribution in [2.24, 2.45) is 23.2 Å². The first-order valence-corrected chi connectivity index (χ1v) is 11.2. The molecule has 4 fully saturated rings. The highest BCUT2D eigenvalue weighted by molar-refractivity contribution is 5.88. The van der Waals surface area contributed by atoms with E-state index >= 15 is 0 Å². The topological polar surface area (TPSA) is 66.4 Å². The Morgan fingerprint density at radius 1 is 0.867 bits per heavy atom. The summed E-state index contributed by atoms with van der Waals surface area (Å²) in [5, 5.41) is 12.7. The second-order valence-electron chi connectivity index (χ2n) is 9.83. The van der Waals surface area contributed by atoms with E-state index in [-0.39, 0.29) is 11.3 Å². The number of rotatable bonds is 6. The molecular formula is C26H29NO3. The summed E-state index contributed by atoms with van der Waals surface area (Å²) < 4.78 is 0. The highest BCUT2D eigenvalue weighted by Gasteiger charge is 2.54. The molecule has 0 saturated heterocycles. The molecule has 4 heteroatoms. The van der Waals surface area contributed by atoms with Crippen LogP contribution in [0.3, 0.4) is 0 Å². The molecule has 0 heterocycles. The smallest absolute Gasteiger partial charge is 0.326 e. The van der Waals surface area contributed by atoms with Gasteiger partial charge in [0.25, 0.3) is 0 Å². The summed E-state index contributed by atoms with van der Waals surface area (Å²) in [6.07, 6.45) is 6.95. The van der Waals surface area contributed by atoms with Crippen LogP contribution in [0.4, 0.5) is 0 Å². The van der Waals surface area contributed by atoms with E-state index in [9.17, 15) is 14.7 Å².